The van der Waals surface area contributed by atoms with Gasteiger partial charge in [0.25, 0.3) is 5.69 Å². The molecule has 5 nitrogen and oxygen atoms in total. The van der Waals surface area contributed by atoms with Gasteiger partial charge in [0.15, 0.2) is 0 Å². The molecule has 1 aliphatic rings. The molecule has 0 aliphatic carbocycles. The van der Waals surface area contributed by atoms with Gasteiger partial charge in [0, 0.05) is 25.7 Å². The zero-order chi connectivity index (χ0) is 14.8. The molecule has 1 aliphatic heterocycles. The molecule has 110 valence electrons. The van der Waals surface area contributed by atoms with E-state index in [4.69, 9.17) is 0 Å². The first-order chi connectivity index (χ1) is 9.41. The minimum Gasteiger partial charge on any atom is -0.380 e. The molecule has 5 heteroatoms. The van der Waals surface area contributed by atoms with Gasteiger partial charge in [-0.1, -0.05) is 19.9 Å². The third-order valence-electron chi connectivity index (χ3n) is 3.79. The van der Waals surface area contributed by atoms with E-state index in [1.807, 2.05) is 19.1 Å². The van der Waals surface area contributed by atoms with Crippen LogP contribution < -0.4 is 5.32 Å². The lowest BCUT2D eigenvalue weighted by Gasteiger charge is -2.20. The summed E-state index contributed by atoms with van der Waals surface area (Å²) in [6.45, 7) is 10.2. The molecule has 0 aromatic heterocycles. The van der Waals surface area contributed by atoms with E-state index in [1.165, 1.54) is 6.42 Å². The Morgan fingerprint density at radius 3 is 2.75 bits per heavy atom. The Bertz CT molecular complexity index is 500. The van der Waals surface area contributed by atoms with Crippen molar-refractivity contribution >= 4 is 11.4 Å². The fourth-order valence-corrected chi connectivity index (χ4v) is 2.79. The minimum absolute atomic E-state index is 0.150. The van der Waals surface area contributed by atoms with Crippen LogP contribution in [-0.4, -0.2) is 29.5 Å². The number of hydrogen-bond acceptors (Lipinski definition) is 4. The van der Waals surface area contributed by atoms with Crippen LogP contribution in [0.5, 0.6) is 0 Å². The van der Waals surface area contributed by atoms with Crippen molar-refractivity contribution in [2.45, 2.75) is 33.7 Å². The number of benzene rings is 1. The molecule has 0 unspecified atom stereocenters. The van der Waals surface area contributed by atoms with Gasteiger partial charge in [0.05, 0.1) is 4.92 Å². The van der Waals surface area contributed by atoms with Gasteiger partial charge in [-0.05, 0) is 36.9 Å². The van der Waals surface area contributed by atoms with Gasteiger partial charge in [-0.25, -0.2) is 0 Å². The van der Waals surface area contributed by atoms with Crippen molar-refractivity contribution in [2.24, 2.45) is 5.41 Å². The molecule has 1 fully saturated rings. The van der Waals surface area contributed by atoms with Gasteiger partial charge >= 0.3 is 0 Å². The summed E-state index contributed by atoms with van der Waals surface area (Å²) in [7, 11) is 0. The predicted molar refractivity (Wildman–Crippen MR) is 80.9 cm³/mol. The zero-order valence-electron chi connectivity index (χ0n) is 12.5. The topological polar surface area (TPSA) is 58.4 Å². The average Bonchev–Trinajstić information content (AvgIpc) is 2.69. The third kappa shape index (κ3) is 3.48. The van der Waals surface area contributed by atoms with Crippen molar-refractivity contribution < 1.29 is 4.92 Å². The Hall–Kier alpha value is -1.62. The van der Waals surface area contributed by atoms with Crippen LogP contribution >= 0.6 is 0 Å². The molecule has 20 heavy (non-hydrogen) atoms. The van der Waals surface area contributed by atoms with Gasteiger partial charge in [-0.15, -0.1) is 0 Å². The van der Waals surface area contributed by atoms with E-state index in [0.717, 1.165) is 25.2 Å². The van der Waals surface area contributed by atoms with E-state index in [2.05, 4.69) is 24.1 Å². The van der Waals surface area contributed by atoms with Crippen LogP contribution in [-0.2, 0) is 6.54 Å². The van der Waals surface area contributed by atoms with Gasteiger partial charge < -0.3 is 5.32 Å². The van der Waals surface area contributed by atoms with Crippen molar-refractivity contribution in [1.82, 2.24) is 4.90 Å². The minimum atomic E-state index is -0.333. The van der Waals surface area contributed by atoms with E-state index in [-0.39, 0.29) is 10.6 Å². The quantitative estimate of drug-likeness (QED) is 0.663. The largest absolute Gasteiger partial charge is 0.380 e. The van der Waals surface area contributed by atoms with Crippen LogP contribution in [0.4, 0.5) is 11.4 Å². The molecule has 0 atom stereocenters. The Kier molecular flexibility index (Phi) is 4.28. The summed E-state index contributed by atoms with van der Waals surface area (Å²) >= 11 is 0. The summed E-state index contributed by atoms with van der Waals surface area (Å²) in [6.07, 6.45) is 1.21. The summed E-state index contributed by atoms with van der Waals surface area (Å²) in [4.78, 5) is 13.1. The van der Waals surface area contributed by atoms with Crippen molar-refractivity contribution in [2.75, 3.05) is 25.0 Å². The summed E-state index contributed by atoms with van der Waals surface area (Å²) in [5, 5.41) is 14.1. The molecule has 2 rings (SSSR count). The molecular weight excluding hydrogens is 254 g/mol. The molecule has 0 saturated carbocycles. The highest BCUT2D eigenvalue weighted by atomic mass is 16.6. The van der Waals surface area contributed by atoms with Crippen LogP contribution in [0.15, 0.2) is 18.2 Å². The molecule has 1 saturated heterocycles. The normalized spacial score (nSPS) is 18.1. The van der Waals surface area contributed by atoms with E-state index in [1.54, 1.807) is 6.07 Å². The highest BCUT2D eigenvalue weighted by Crippen LogP contribution is 2.31. The first kappa shape index (κ1) is 14.8. The number of likely N-dealkylation sites (tertiary alicyclic amines) is 1. The van der Waals surface area contributed by atoms with E-state index < -0.39 is 0 Å². The Labute approximate surface area is 120 Å². The number of nitro groups is 1. The Morgan fingerprint density at radius 2 is 2.20 bits per heavy atom. The van der Waals surface area contributed by atoms with Gasteiger partial charge in [-0.3, -0.25) is 15.0 Å². The van der Waals surface area contributed by atoms with Gasteiger partial charge in [-0.2, -0.15) is 0 Å². The number of nitro benzene ring substituents is 1. The van der Waals surface area contributed by atoms with Crippen LogP contribution in [0.1, 0.15) is 32.8 Å². The van der Waals surface area contributed by atoms with Crippen molar-refractivity contribution in [1.29, 1.82) is 0 Å². The molecule has 0 bridgehead atoms. The SMILES string of the molecule is CCNc1cc(CN2CCC(C)(C)C2)ccc1[N+](=O)[O-]. The van der Waals surface area contributed by atoms with E-state index >= 15 is 0 Å². The number of anilines is 1. The maximum Gasteiger partial charge on any atom is 0.292 e. The van der Waals surface area contributed by atoms with Crippen LogP contribution in [0.2, 0.25) is 0 Å². The maximum absolute atomic E-state index is 11.0. The van der Waals surface area contributed by atoms with Crippen molar-refractivity contribution in [3.05, 3.63) is 33.9 Å². The lowest BCUT2D eigenvalue weighted by atomic mass is 9.93. The summed E-state index contributed by atoms with van der Waals surface area (Å²) in [5.74, 6) is 0. The monoisotopic (exact) mass is 277 g/mol. The summed E-state index contributed by atoms with van der Waals surface area (Å²) in [5.41, 5.74) is 2.28. The zero-order valence-corrected chi connectivity index (χ0v) is 12.5. The molecule has 0 spiro atoms. The average molecular weight is 277 g/mol. The van der Waals surface area contributed by atoms with Crippen LogP contribution in [0, 0.1) is 15.5 Å². The van der Waals surface area contributed by atoms with Gasteiger partial charge in [0.2, 0.25) is 0 Å². The van der Waals surface area contributed by atoms with Crippen LogP contribution in [0.25, 0.3) is 0 Å². The lowest BCUT2D eigenvalue weighted by molar-refractivity contribution is -0.384. The maximum atomic E-state index is 11.0. The molecule has 1 N–H and O–H groups in total. The standard InChI is InChI=1S/C15H23N3O2/c1-4-16-13-9-12(5-6-14(13)18(19)20)10-17-8-7-15(2,3)11-17/h5-6,9,16H,4,7-8,10-11H2,1-3H3. The Balaban J connectivity index is 2.13. The second kappa shape index (κ2) is 5.79. The van der Waals surface area contributed by atoms with E-state index in [9.17, 15) is 10.1 Å². The first-order valence-electron chi connectivity index (χ1n) is 7.15. The second-order valence-electron chi connectivity index (χ2n) is 6.26. The fraction of sp³-hybridized carbons (Fsp3) is 0.600. The number of rotatable bonds is 5. The molecule has 0 radical (unpaired) electrons. The highest BCUT2D eigenvalue weighted by Gasteiger charge is 2.29. The molecule has 0 amide bonds. The molecule has 1 aromatic carbocycles. The molecule has 1 aromatic rings. The van der Waals surface area contributed by atoms with Crippen LogP contribution in [0.3, 0.4) is 0 Å². The second-order valence-corrected chi connectivity index (χ2v) is 6.26. The summed E-state index contributed by atoms with van der Waals surface area (Å²) in [6, 6.07) is 5.38. The smallest absolute Gasteiger partial charge is 0.292 e. The molecule has 1 heterocycles. The summed E-state index contributed by atoms with van der Waals surface area (Å²) < 4.78 is 0. The first-order valence-corrected chi connectivity index (χ1v) is 7.15. The van der Waals surface area contributed by atoms with Crippen molar-refractivity contribution in [3.8, 4) is 0 Å². The fourth-order valence-electron chi connectivity index (χ4n) is 2.79. The third-order valence-corrected chi connectivity index (χ3v) is 3.79. The molecular formula is C15H23N3O2. The lowest BCUT2D eigenvalue weighted by Crippen LogP contribution is -2.22. The Morgan fingerprint density at radius 1 is 1.45 bits per heavy atom. The van der Waals surface area contributed by atoms with Gasteiger partial charge in [0.1, 0.15) is 5.69 Å². The van der Waals surface area contributed by atoms with E-state index in [0.29, 0.717) is 17.6 Å². The number of nitrogens with zero attached hydrogens (tertiary/aromatic N) is 2. The number of hydrogen-bond donors (Lipinski definition) is 1. The highest BCUT2D eigenvalue weighted by molar-refractivity contribution is 5.62. The predicted octanol–water partition coefficient (Wildman–Crippen LogP) is 3.26. The van der Waals surface area contributed by atoms with Crippen molar-refractivity contribution in [3.63, 3.8) is 0 Å². The number of nitrogens with one attached hydrogen (secondary N) is 1.